The Labute approximate surface area is 161 Å². The predicted molar refractivity (Wildman–Crippen MR) is 94.3 cm³/mol. The molecule has 0 aromatic heterocycles. The molecule has 0 aliphatic rings. The predicted octanol–water partition coefficient (Wildman–Crippen LogP) is -0.625. The fraction of sp³-hybridized carbons (Fsp3) is 0.312. The summed E-state index contributed by atoms with van der Waals surface area (Å²) in [6.07, 6.45) is -1.45. The van der Waals surface area contributed by atoms with E-state index in [1.807, 2.05) is 4.72 Å². The van der Waals surface area contributed by atoms with E-state index in [0.717, 1.165) is 0 Å². The van der Waals surface area contributed by atoms with Crippen molar-refractivity contribution in [3.8, 4) is 6.07 Å². The van der Waals surface area contributed by atoms with E-state index >= 15 is 0 Å². The molecule has 27 heavy (non-hydrogen) atoms. The van der Waals surface area contributed by atoms with Crippen LogP contribution >= 0.6 is 11.6 Å². The van der Waals surface area contributed by atoms with Crippen molar-refractivity contribution in [2.75, 3.05) is 6.61 Å². The number of ketones is 1. The van der Waals surface area contributed by atoms with Crippen LogP contribution in [0.1, 0.15) is 6.92 Å². The highest BCUT2D eigenvalue weighted by atomic mass is 35.5. The van der Waals surface area contributed by atoms with Gasteiger partial charge in [-0.1, -0.05) is 11.6 Å². The molecule has 0 aliphatic heterocycles. The molecule has 0 saturated heterocycles. The van der Waals surface area contributed by atoms with Crippen LogP contribution < -0.4 is 10.5 Å². The van der Waals surface area contributed by atoms with Crippen molar-refractivity contribution >= 4 is 33.4 Å². The van der Waals surface area contributed by atoms with Gasteiger partial charge in [0.2, 0.25) is 10.0 Å². The van der Waals surface area contributed by atoms with Gasteiger partial charge in [0.1, 0.15) is 11.7 Å². The van der Waals surface area contributed by atoms with Gasteiger partial charge in [-0.3, -0.25) is 9.59 Å². The fourth-order valence-electron chi connectivity index (χ4n) is 1.90. The van der Waals surface area contributed by atoms with Crippen molar-refractivity contribution in [1.29, 1.82) is 5.26 Å². The Morgan fingerprint density at radius 1 is 1.41 bits per heavy atom. The zero-order chi connectivity index (χ0) is 20.8. The van der Waals surface area contributed by atoms with Gasteiger partial charge in [-0.2, -0.15) is 9.98 Å². The third-order valence-corrected chi connectivity index (χ3v) is 5.07. The molecule has 1 rings (SSSR count). The maximum Gasteiger partial charge on any atom is 0.327 e. The zero-order valence-corrected chi connectivity index (χ0v) is 16.0. The Hall–Kier alpha value is -2.29. The number of rotatable bonds is 9. The van der Waals surface area contributed by atoms with Crippen LogP contribution in [0.25, 0.3) is 0 Å². The summed E-state index contributed by atoms with van der Waals surface area (Å²) >= 11 is 5.70. The Morgan fingerprint density at radius 2 is 1.96 bits per heavy atom. The van der Waals surface area contributed by atoms with Crippen molar-refractivity contribution in [3.05, 3.63) is 41.6 Å². The average molecular weight is 417 g/mol. The number of aliphatic hydroxyl groups is 1. The number of sulfonamides is 1. The third-order valence-electron chi connectivity index (χ3n) is 3.36. The third kappa shape index (κ3) is 6.42. The first-order chi connectivity index (χ1) is 12.5. The minimum atomic E-state index is -4.17. The number of allylic oxidation sites excluding steroid dienone is 1. The molecule has 0 aliphatic carbocycles. The second-order valence-electron chi connectivity index (χ2n) is 5.59. The van der Waals surface area contributed by atoms with E-state index in [4.69, 9.17) is 21.6 Å². The van der Waals surface area contributed by atoms with Gasteiger partial charge < -0.3 is 15.6 Å². The number of nitrogens with one attached hydrogen (secondary N) is 1. The summed E-state index contributed by atoms with van der Waals surface area (Å²) in [6, 6.07) is 5.13. The Balaban J connectivity index is 2.88. The lowest BCUT2D eigenvalue weighted by atomic mass is 10.0. The second kappa shape index (κ2) is 9.59. The van der Waals surface area contributed by atoms with Gasteiger partial charge in [-0.25, -0.2) is 8.42 Å². The summed E-state index contributed by atoms with van der Waals surface area (Å²) in [5.74, 6) is -3.20. The van der Waals surface area contributed by atoms with Crippen LogP contribution in [0.2, 0.25) is 5.02 Å². The number of ether oxygens (including phenoxy) is 1. The fourth-order valence-corrected chi connectivity index (χ4v) is 3.28. The number of hydrogen-bond donors (Lipinski definition) is 3. The van der Waals surface area contributed by atoms with E-state index in [1.165, 1.54) is 31.2 Å². The van der Waals surface area contributed by atoms with Crippen LogP contribution in [0, 0.1) is 17.2 Å². The molecule has 146 valence electrons. The number of benzene rings is 1. The lowest BCUT2D eigenvalue weighted by molar-refractivity contribution is -0.309. The highest BCUT2D eigenvalue weighted by molar-refractivity contribution is 7.89. The maximum atomic E-state index is 12.3. The molecule has 1 aromatic carbocycles. The van der Waals surface area contributed by atoms with Crippen molar-refractivity contribution < 1.29 is 33.6 Å². The molecular formula is C16H19ClN3O6S+. The lowest BCUT2D eigenvalue weighted by Gasteiger charge is -2.20. The molecular weight excluding hydrogens is 398 g/mol. The smallest absolute Gasteiger partial charge is 0.327 e. The summed E-state index contributed by atoms with van der Waals surface area (Å²) in [7, 11) is -4.17. The molecule has 0 fully saturated rings. The number of halogens is 1. The summed E-state index contributed by atoms with van der Waals surface area (Å²) < 4.78 is 31.4. The first-order valence-corrected chi connectivity index (χ1v) is 9.41. The normalized spacial score (nSPS) is 14.5. The molecule has 11 heteroatoms. The van der Waals surface area contributed by atoms with Crippen LogP contribution in [0.15, 0.2) is 41.4 Å². The van der Waals surface area contributed by atoms with E-state index in [0.29, 0.717) is 5.02 Å². The van der Waals surface area contributed by atoms with Crippen molar-refractivity contribution in [3.63, 3.8) is 0 Å². The molecule has 9 nitrogen and oxygen atoms in total. The first-order valence-electron chi connectivity index (χ1n) is 7.55. The molecule has 0 bridgehead atoms. The SMILES string of the molecule is C=C([NH3+])[C@@H](C#N)C(=O)COC(=O)[C@@H](NS(=O)(=O)c1ccc(Cl)cc1)[C@@H](C)O. The average Bonchev–Trinajstić information content (AvgIpc) is 2.58. The second-order valence-corrected chi connectivity index (χ2v) is 7.74. The van der Waals surface area contributed by atoms with E-state index in [9.17, 15) is 23.1 Å². The molecule has 1 aromatic rings. The monoisotopic (exact) mass is 416 g/mol. The molecule has 3 atom stereocenters. The highest BCUT2D eigenvalue weighted by Gasteiger charge is 2.32. The number of carbonyl (C=O) groups is 2. The van der Waals surface area contributed by atoms with Crippen molar-refractivity contribution in [2.24, 2.45) is 5.92 Å². The zero-order valence-electron chi connectivity index (χ0n) is 14.4. The van der Waals surface area contributed by atoms with Crippen LogP contribution in [0.3, 0.4) is 0 Å². The van der Waals surface area contributed by atoms with Crippen LogP contribution in [0.5, 0.6) is 0 Å². The number of nitrogens with zero attached hydrogens (tertiary/aromatic N) is 1. The number of carbonyl (C=O) groups excluding carboxylic acids is 2. The molecule has 0 spiro atoms. The van der Waals surface area contributed by atoms with Gasteiger partial charge in [-0.05, 0) is 37.8 Å². The van der Waals surface area contributed by atoms with Crippen LogP contribution in [-0.2, 0) is 24.3 Å². The van der Waals surface area contributed by atoms with Crippen molar-refractivity contribution in [1.82, 2.24) is 4.72 Å². The van der Waals surface area contributed by atoms with Gasteiger partial charge >= 0.3 is 5.97 Å². The molecule has 0 saturated carbocycles. The Kier molecular flexibility index (Phi) is 8.08. The van der Waals surface area contributed by atoms with Gasteiger partial charge in [0.15, 0.2) is 18.3 Å². The molecule has 0 radical (unpaired) electrons. The minimum Gasteiger partial charge on any atom is -0.456 e. The highest BCUT2D eigenvalue weighted by Crippen LogP contribution is 2.15. The summed E-state index contributed by atoms with van der Waals surface area (Å²) in [4.78, 5) is 23.8. The van der Waals surface area contributed by atoms with Gasteiger partial charge in [-0.15, -0.1) is 0 Å². The quantitative estimate of drug-likeness (QED) is 0.451. The summed E-state index contributed by atoms with van der Waals surface area (Å²) in [5.41, 5.74) is 3.43. The van der Waals surface area contributed by atoms with Gasteiger partial charge in [0.25, 0.3) is 0 Å². The van der Waals surface area contributed by atoms with Gasteiger partial charge in [0.05, 0.1) is 17.1 Å². The van der Waals surface area contributed by atoms with E-state index < -0.39 is 46.4 Å². The van der Waals surface area contributed by atoms with Crippen molar-refractivity contribution in [2.45, 2.75) is 24.0 Å². The first kappa shape index (κ1) is 22.8. The number of aliphatic hydroxyl groups excluding tert-OH is 1. The summed E-state index contributed by atoms with van der Waals surface area (Å²) in [5, 5.41) is 18.9. The Morgan fingerprint density at radius 3 is 2.41 bits per heavy atom. The number of esters is 1. The topological polar surface area (TPSA) is 161 Å². The van der Waals surface area contributed by atoms with E-state index in [2.05, 4.69) is 12.3 Å². The van der Waals surface area contributed by atoms with E-state index in [-0.39, 0.29) is 10.6 Å². The molecule has 0 heterocycles. The molecule has 0 unspecified atom stereocenters. The largest absolute Gasteiger partial charge is 0.456 e. The minimum absolute atomic E-state index is 0.0362. The van der Waals surface area contributed by atoms with Crippen LogP contribution in [0.4, 0.5) is 0 Å². The number of hydrogen-bond acceptors (Lipinski definition) is 7. The van der Waals surface area contributed by atoms with Crippen LogP contribution in [-0.4, -0.2) is 44.0 Å². The summed E-state index contributed by atoms with van der Waals surface area (Å²) in [6.45, 7) is 3.77. The maximum absolute atomic E-state index is 12.3. The van der Waals surface area contributed by atoms with E-state index in [1.54, 1.807) is 6.07 Å². The lowest BCUT2D eigenvalue weighted by Crippen LogP contribution is -2.52. The number of Topliss-reactive ketones (excluding diaryl/α,β-unsaturated/α-hetero) is 1. The van der Waals surface area contributed by atoms with Gasteiger partial charge in [0, 0.05) is 5.02 Å². The Bertz CT molecular complexity index is 861. The molecule has 0 amide bonds. The number of quaternary nitrogens is 1. The number of nitriles is 1. The standard InChI is InChI=1S/C16H18ClN3O6S/c1-9(19)13(7-18)14(22)8-26-16(23)15(10(2)21)20-27(24,25)12-5-3-11(17)4-6-12/h3-6,10,13,15,20-21H,1,8,19H2,2H3/p+1/t10-,13-,15+/m1/s1. The molecule has 5 N–H and O–H groups in total.